The van der Waals surface area contributed by atoms with Crippen LogP contribution >= 0.6 is 11.8 Å². The molecule has 1 atom stereocenters. The number of para-hydroxylation sites is 1. The number of thioether (sulfide) groups is 1. The molecule has 0 saturated carbocycles. The fourth-order valence-corrected chi connectivity index (χ4v) is 5.12. The van der Waals surface area contributed by atoms with E-state index in [9.17, 15) is 10.2 Å². The van der Waals surface area contributed by atoms with Gasteiger partial charge in [-0.3, -0.25) is 0 Å². The minimum atomic E-state index is -0.628. The van der Waals surface area contributed by atoms with Crippen molar-refractivity contribution < 1.29 is 10.2 Å². The summed E-state index contributed by atoms with van der Waals surface area (Å²) >= 11 is 1.80. The Morgan fingerprint density at radius 2 is 1.45 bits per heavy atom. The number of hydrogen-bond acceptors (Lipinski definition) is 3. The lowest BCUT2D eigenvalue weighted by molar-refractivity contribution is 0.198. The molecule has 3 rings (SSSR count). The van der Waals surface area contributed by atoms with E-state index in [0.29, 0.717) is 5.92 Å². The van der Waals surface area contributed by atoms with Gasteiger partial charge in [-0.1, -0.05) is 69.7 Å². The Kier molecular flexibility index (Phi) is 7.51. The lowest BCUT2D eigenvalue weighted by atomic mass is 9.80. The molecule has 1 unspecified atom stereocenters. The first-order valence-electron chi connectivity index (χ1n) is 11.1. The third-order valence-electron chi connectivity index (χ3n) is 5.78. The molecule has 0 heterocycles. The average Bonchev–Trinajstić information content (AvgIpc) is 2.72. The maximum Gasteiger partial charge on any atom is 0.123 e. The number of aliphatic hydroxyl groups is 1. The van der Waals surface area contributed by atoms with Crippen LogP contribution in [0.5, 0.6) is 5.75 Å². The molecular formula is C28H34O2S. The molecule has 3 heteroatoms. The van der Waals surface area contributed by atoms with Crippen LogP contribution < -0.4 is 0 Å². The zero-order valence-corrected chi connectivity index (χ0v) is 20.3. The summed E-state index contributed by atoms with van der Waals surface area (Å²) in [5, 5.41) is 21.6. The second kappa shape index (κ2) is 9.93. The van der Waals surface area contributed by atoms with Crippen molar-refractivity contribution in [2.75, 3.05) is 0 Å². The zero-order valence-electron chi connectivity index (χ0n) is 19.4. The van der Waals surface area contributed by atoms with Crippen molar-refractivity contribution in [2.45, 2.75) is 70.1 Å². The van der Waals surface area contributed by atoms with E-state index >= 15 is 0 Å². The first-order chi connectivity index (χ1) is 14.7. The third-order valence-corrected chi connectivity index (χ3v) is 6.82. The predicted molar refractivity (Wildman–Crippen MR) is 133 cm³/mol. The lowest BCUT2D eigenvalue weighted by Crippen LogP contribution is -2.10. The maximum atomic E-state index is 10.9. The molecule has 2 nitrogen and oxygen atoms in total. The minimum Gasteiger partial charge on any atom is -0.507 e. The quantitative estimate of drug-likeness (QED) is 0.371. The normalized spacial score (nSPS) is 12.5. The first kappa shape index (κ1) is 23.4. The van der Waals surface area contributed by atoms with Gasteiger partial charge in [-0.25, -0.2) is 0 Å². The molecule has 0 fully saturated rings. The number of rotatable bonds is 7. The van der Waals surface area contributed by atoms with Gasteiger partial charge in [0.25, 0.3) is 0 Å². The fourth-order valence-electron chi connectivity index (χ4n) is 4.16. The van der Waals surface area contributed by atoms with Crippen LogP contribution in [0.15, 0.2) is 59.5 Å². The molecule has 2 N–H and O–H groups in total. The number of phenols is 1. The highest BCUT2D eigenvalue weighted by Gasteiger charge is 2.25. The predicted octanol–water partition coefficient (Wildman–Crippen LogP) is 7.96. The molecule has 0 saturated heterocycles. The maximum absolute atomic E-state index is 10.9. The van der Waals surface area contributed by atoms with E-state index in [1.165, 1.54) is 21.6 Å². The molecule has 0 amide bonds. The lowest BCUT2D eigenvalue weighted by Gasteiger charge is -2.27. The van der Waals surface area contributed by atoms with Crippen molar-refractivity contribution in [1.29, 1.82) is 0 Å². The fraction of sp³-hybridized carbons (Fsp3) is 0.357. The summed E-state index contributed by atoms with van der Waals surface area (Å²) < 4.78 is 0. The first-order valence-corrected chi connectivity index (χ1v) is 12.0. The summed E-state index contributed by atoms with van der Waals surface area (Å²) in [4.78, 5) is 1.22. The second-order valence-corrected chi connectivity index (χ2v) is 9.98. The Bertz CT molecular complexity index is 1030. The number of aryl methyl sites for hydroxylation is 1. The van der Waals surface area contributed by atoms with Gasteiger partial charge in [0.05, 0.1) is 6.10 Å². The van der Waals surface area contributed by atoms with E-state index < -0.39 is 6.10 Å². The Balaban J connectivity index is 2.28. The van der Waals surface area contributed by atoms with Gasteiger partial charge in [-0.15, -0.1) is 11.8 Å². The monoisotopic (exact) mass is 434 g/mol. The molecule has 31 heavy (non-hydrogen) atoms. The van der Waals surface area contributed by atoms with Crippen molar-refractivity contribution in [3.8, 4) is 16.9 Å². The molecule has 164 valence electrons. The molecule has 0 aliphatic rings. The molecule has 0 aliphatic heterocycles. The van der Waals surface area contributed by atoms with Crippen LogP contribution in [0.4, 0.5) is 0 Å². The SMILES string of the molecule is Cc1ccc(SCc2c(C(C)C)cc(C(C)C)c(C(C)O)c2-c2ccccc2O)cc1. The standard InChI is InChI=1S/C28H34O2S/c1-17(2)23-15-24(18(3)4)27(20(6)29)28(22-9-7-8-10-26(22)30)25(23)16-31-21-13-11-19(5)12-14-21/h7-15,17-18,20,29-30H,16H2,1-6H3. The third kappa shape index (κ3) is 5.16. The van der Waals surface area contributed by atoms with E-state index in [0.717, 1.165) is 28.0 Å². The molecule has 0 aliphatic carbocycles. The molecule has 0 radical (unpaired) electrons. The van der Waals surface area contributed by atoms with E-state index in [4.69, 9.17) is 0 Å². The van der Waals surface area contributed by atoms with Crippen LogP contribution in [0.1, 0.15) is 80.4 Å². The molecule has 0 aromatic heterocycles. The number of hydrogen-bond donors (Lipinski definition) is 2. The second-order valence-electron chi connectivity index (χ2n) is 8.93. The summed E-state index contributed by atoms with van der Waals surface area (Å²) in [5.41, 5.74) is 7.60. The summed E-state index contributed by atoms with van der Waals surface area (Å²) in [6.07, 6.45) is -0.628. The van der Waals surface area contributed by atoms with E-state index in [1.54, 1.807) is 17.8 Å². The smallest absolute Gasteiger partial charge is 0.123 e. The summed E-state index contributed by atoms with van der Waals surface area (Å²) in [7, 11) is 0. The van der Waals surface area contributed by atoms with Gasteiger partial charge in [-0.05, 0) is 71.7 Å². The van der Waals surface area contributed by atoms with Gasteiger partial charge in [0.15, 0.2) is 0 Å². The molecule has 0 bridgehead atoms. The molecule has 0 spiro atoms. The largest absolute Gasteiger partial charge is 0.507 e. The molecular weight excluding hydrogens is 400 g/mol. The van der Waals surface area contributed by atoms with Gasteiger partial charge >= 0.3 is 0 Å². The molecule has 3 aromatic carbocycles. The van der Waals surface area contributed by atoms with Crippen molar-refractivity contribution in [3.05, 3.63) is 82.4 Å². The number of phenolic OH excluding ortho intramolecular Hbond substituents is 1. The van der Waals surface area contributed by atoms with Crippen LogP contribution in [0, 0.1) is 6.92 Å². The number of aliphatic hydroxyl groups excluding tert-OH is 1. The van der Waals surface area contributed by atoms with Crippen LogP contribution in [-0.2, 0) is 5.75 Å². The summed E-state index contributed by atoms with van der Waals surface area (Å²) in [6.45, 7) is 12.7. The average molecular weight is 435 g/mol. The highest BCUT2D eigenvalue weighted by Crippen LogP contribution is 2.45. The summed E-state index contributed by atoms with van der Waals surface area (Å²) in [6, 6.07) is 18.4. The van der Waals surface area contributed by atoms with Crippen LogP contribution in [0.25, 0.3) is 11.1 Å². The van der Waals surface area contributed by atoms with Gasteiger partial charge < -0.3 is 10.2 Å². The van der Waals surface area contributed by atoms with E-state index in [2.05, 4.69) is 65.0 Å². The van der Waals surface area contributed by atoms with Crippen molar-refractivity contribution in [1.82, 2.24) is 0 Å². The van der Waals surface area contributed by atoms with Gasteiger partial charge in [0.1, 0.15) is 5.75 Å². The van der Waals surface area contributed by atoms with Crippen molar-refractivity contribution in [3.63, 3.8) is 0 Å². The van der Waals surface area contributed by atoms with Crippen molar-refractivity contribution in [2.24, 2.45) is 0 Å². The molecule has 3 aromatic rings. The Hall–Kier alpha value is -2.23. The van der Waals surface area contributed by atoms with E-state index in [-0.39, 0.29) is 11.7 Å². The van der Waals surface area contributed by atoms with Gasteiger partial charge in [-0.2, -0.15) is 0 Å². The number of benzene rings is 3. The topological polar surface area (TPSA) is 40.5 Å². The van der Waals surface area contributed by atoms with Crippen molar-refractivity contribution >= 4 is 11.8 Å². The summed E-state index contributed by atoms with van der Waals surface area (Å²) in [5.74, 6) is 1.63. The minimum absolute atomic E-state index is 0.251. The van der Waals surface area contributed by atoms with Gasteiger partial charge in [0.2, 0.25) is 0 Å². The van der Waals surface area contributed by atoms with Crippen LogP contribution in [0.2, 0.25) is 0 Å². The van der Waals surface area contributed by atoms with Gasteiger partial charge in [0, 0.05) is 16.2 Å². The number of aromatic hydroxyl groups is 1. The van der Waals surface area contributed by atoms with E-state index in [1.807, 2.05) is 25.1 Å². The highest BCUT2D eigenvalue weighted by molar-refractivity contribution is 7.98. The Labute approximate surface area is 191 Å². The van der Waals surface area contributed by atoms with Crippen LogP contribution in [0.3, 0.4) is 0 Å². The highest BCUT2D eigenvalue weighted by atomic mass is 32.2. The van der Waals surface area contributed by atoms with Crippen LogP contribution in [-0.4, -0.2) is 10.2 Å². The zero-order chi connectivity index (χ0) is 22.7. The Morgan fingerprint density at radius 1 is 0.839 bits per heavy atom. The Morgan fingerprint density at radius 3 is 2.00 bits per heavy atom.